The van der Waals surface area contributed by atoms with Crippen molar-refractivity contribution in [3.05, 3.63) is 65.7 Å². The summed E-state index contributed by atoms with van der Waals surface area (Å²) >= 11 is 0. The number of piperidine rings is 1. The van der Waals surface area contributed by atoms with E-state index < -0.39 is 0 Å². The summed E-state index contributed by atoms with van der Waals surface area (Å²) in [6.07, 6.45) is 3.45. The lowest BCUT2D eigenvalue weighted by Crippen LogP contribution is -2.38. The second-order valence-electron chi connectivity index (χ2n) is 6.47. The zero-order valence-corrected chi connectivity index (χ0v) is 14.4. The van der Waals surface area contributed by atoms with Gasteiger partial charge in [0.1, 0.15) is 5.75 Å². The number of hydrogen-bond acceptors (Lipinski definition) is 3. The third-order valence-corrected chi connectivity index (χ3v) is 4.80. The zero-order chi connectivity index (χ0) is 16.6. The summed E-state index contributed by atoms with van der Waals surface area (Å²) in [5, 5.41) is 3.64. The molecule has 2 unspecified atom stereocenters. The van der Waals surface area contributed by atoms with E-state index in [-0.39, 0.29) is 0 Å². The lowest BCUT2D eigenvalue weighted by atomic mass is 9.85. The van der Waals surface area contributed by atoms with E-state index in [1.54, 1.807) is 7.11 Å². The maximum absolute atomic E-state index is 5.84. The van der Waals surface area contributed by atoms with Gasteiger partial charge in [0.15, 0.2) is 0 Å². The molecule has 128 valence electrons. The first-order valence-corrected chi connectivity index (χ1v) is 8.84. The second-order valence-corrected chi connectivity index (χ2v) is 6.47. The van der Waals surface area contributed by atoms with Crippen LogP contribution >= 0.6 is 0 Å². The Labute approximate surface area is 145 Å². The fourth-order valence-electron chi connectivity index (χ4n) is 3.39. The van der Waals surface area contributed by atoms with Gasteiger partial charge in [0.05, 0.1) is 13.7 Å². The molecule has 0 aliphatic carbocycles. The summed E-state index contributed by atoms with van der Waals surface area (Å²) in [7, 11) is 1.71. The van der Waals surface area contributed by atoms with E-state index in [1.165, 1.54) is 24.0 Å². The molecule has 0 radical (unpaired) electrons. The Bertz CT molecular complexity index is 597. The van der Waals surface area contributed by atoms with Gasteiger partial charge in [-0.25, -0.2) is 0 Å². The van der Waals surface area contributed by atoms with Crippen LogP contribution in [-0.4, -0.2) is 26.3 Å². The molecule has 3 nitrogen and oxygen atoms in total. The molecule has 2 aromatic rings. The molecule has 1 heterocycles. The van der Waals surface area contributed by atoms with Crippen LogP contribution < -0.4 is 10.1 Å². The monoisotopic (exact) mass is 325 g/mol. The van der Waals surface area contributed by atoms with Crippen molar-refractivity contribution in [2.75, 3.05) is 20.3 Å². The van der Waals surface area contributed by atoms with Crippen LogP contribution in [0.15, 0.2) is 54.6 Å². The number of methoxy groups -OCH3 is 1. The van der Waals surface area contributed by atoms with Crippen LogP contribution in [0.3, 0.4) is 0 Å². The highest BCUT2D eigenvalue weighted by Crippen LogP contribution is 2.29. The molecule has 24 heavy (non-hydrogen) atoms. The molecule has 1 aliphatic rings. The van der Waals surface area contributed by atoms with E-state index in [9.17, 15) is 0 Å². The molecule has 1 fully saturated rings. The van der Waals surface area contributed by atoms with Crippen LogP contribution in [0.5, 0.6) is 5.75 Å². The minimum absolute atomic E-state index is 0.543. The van der Waals surface area contributed by atoms with Gasteiger partial charge in [0.25, 0.3) is 0 Å². The lowest BCUT2D eigenvalue weighted by Gasteiger charge is -2.30. The van der Waals surface area contributed by atoms with E-state index in [1.807, 2.05) is 6.07 Å². The topological polar surface area (TPSA) is 30.5 Å². The first-order valence-electron chi connectivity index (χ1n) is 8.84. The summed E-state index contributed by atoms with van der Waals surface area (Å²) in [5.74, 6) is 1.56. The molecular formula is C21H27NO2. The van der Waals surface area contributed by atoms with Crippen LogP contribution in [0.4, 0.5) is 0 Å². The van der Waals surface area contributed by atoms with Crippen molar-refractivity contribution in [2.45, 2.75) is 37.8 Å². The smallest absolute Gasteiger partial charge is 0.118 e. The molecule has 0 saturated carbocycles. The summed E-state index contributed by atoms with van der Waals surface area (Å²) in [6.45, 7) is 2.59. The first kappa shape index (κ1) is 17.0. The normalized spacial score (nSPS) is 20.7. The summed E-state index contributed by atoms with van der Waals surface area (Å²) in [5.41, 5.74) is 2.66. The quantitative estimate of drug-likeness (QED) is 0.776. The van der Waals surface area contributed by atoms with Crippen LogP contribution in [0, 0.1) is 0 Å². The molecule has 0 aromatic heterocycles. The zero-order valence-electron chi connectivity index (χ0n) is 14.4. The minimum Gasteiger partial charge on any atom is -0.497 e. The van der Waals surface area contributed by atoms with E-state index in [0.29, 0.717) is 18.6 Å². The van der Waals surface area contributed by atoms with Crippen LogP contribution in [0.1, 0.15) is 36.3 Å². The Morgan fingerprint density at radius 2 is 1.83 bits per heavy atom. The van der Waals surface area contributed by atoms with Crippen LogP contribution in [0.2, 0.25) is 0 Å². The predicted molar refractivity (Wildman–Crippen MR) is 97.5 cm³/mol. The number of benzene rings is 2. The lowest BCUT2D eigenvalue weighted by molar-refractivity contribution is 0.107. The molecule has 1 aliphatic heterocycles. The van der Waals surface area contributed by atoms with Gasteiger partial charge < -0.3 is 14.8 Å². The SMILES string of the molecule is COc1ccc(C2CCNC(CCOCc3ccccc3)C2)cc1. The standard InChI is InChI=1S/C21H27NO2/c1-23-21-9-7-18(8-10-21)19-11-13-22-20(15-19)12-14-24-16-17-5-3-2-4-6-17/h2-10,19-20,22H,11-16H2,1H3. The number of hydrogen-bond donors (Lipinski definition) is 1. The number of nitrogens with one attached hydrogen (secondary N) is 1. The van der Waals surface area contributed by atoms with Gasteiger partial charge in [-0.05, 0) is 55.0 Å². The Hall–Kier alpha value is -1.84. The second kappa shape index (κ2) is 8.86. The molecule has 3 heteroatoms. The molecular weight excluding hydrogens is 298 g/mol. The van der Waals surface area contributed by atoms with E-state index >= 15 is 0 Å². The van der Waals surface area contributed by atoms with Gasteiger partial charge in [-0.1, -0.05) is 42.5 Å². The van der Waals surface area contributed by atoms with Gasteiger partial charge in [-0.2, -0.15) is 0 Å². The van der Waals surface area contributed by atoms with Crippen LogP contribution in [-0.2, 0) is 11.3 Å². The van der Waals surface area contributed by atoms with Crippen molar-refractivity contribution in [1.82, 2.24) is 5.32 Å². The van der Waals surface area contributed by atoms with Crippen molar-refractivity contribution in [2.24, 2.45) is 0 Å². The Kier molecular flexibility index (Phi) is 6.27. The highest BCUT2D eigenvalue weighted by molar-refractivity contribution is 5.29. The highest BCUT2D eigenvalue weighted by Gasteiger charge is 2.22. The number of rotatable bonds is 7. The Morgan fingerprint density at radius 3 is 2.58 bits per heavy atom. The fraction of sp³-hybridized carbons (Fsp3) is 0.429. The van der Waals surface area contributed by atoms with Gasteiger partial charge in [0.2, 0.25) is 0 Å². The minimum atomic E-state index is 0.543. The average Bonchev–Trinajstić information content (AvgIpc) is 2.66. The van der Waals surface area contributed by atoms with Gasteiger partial charge in [0, 0.05) is 12.6 Å². The highest BCUT2D eigenvalue weighted by atomic mass is 16.5. The third-order valence-electron chi connectivity index (χ3n) is 4.80. The van der Waals surface area contributed by atoms with Crippen molar-refractivity contribution in [1.29, 1.82) is 0 Å². The van der Waals surface area contributed by atoms with Crippen molar-refractivity contribution in [3.8, 4) is 5.75 Å². The summed E-state index contributed by atoms with van der Waals surface area (Å²) < 4.78 is 11.1. The predicted octanol–water partition coefficient (Wildman–Crippen LogP) is 4.14. The molecule has 2 aromatic carbocycles. The van der Waals surface area contributed by atoms with E-state index in [2.05, 4.69) is 53.8 Å². The molecule has 3 rings (SSSR count). The molecule has 2 atom stereocenters. The van der Waals surface area contributed by atoms with Crippen molar-refractivity contribution >= 4 is 0 Å². The van der Waals surface area contributed by atoms with Gasteiger partial charge in [-0.15, -0.1) is 0 Å². The summed E-state index contributed by atoms with van der Waals surface area (Å²) in [6, 6.07) is 19.5. The molecule has 0 bridgehead atoms. The van der Waals surface area contributed by atoms with Gasteiger partial charge in [-0.3, -0.25) is 0 Å². The molecule has 1 N–H and O–H groups in total. The van der Waals surface area contributed by atoms with Crippen molar-refractivity contribution in [3.63, 3.8) is 0 Å². The molecule has 0 spiro atoms. The van der Waals surface area contributed by atoms with Gasteiger partial charge >= 0.3 is 0 Å². The van der Waals surface area contributed by atoms with E-state index in [4.69, 9.17) is 9.47 Å². The third kappa shape index (κ3) is 4.83. The Balaban J connectivity index is 1.43. The molecule has 1 saturated heterocycles. The van der Waals surface area contributed by atoms with Crippen molar-refractivity contribution < 1.29 is 9.47 Å². The average molecular weight is 325 g/mol. The van der Waals surface area contributed by atoms with Crippen LogP contribution in [0.25, 0.3) is 0 Å². The fourth-order valence-corrected chi connectivity index (χ4v) is 3.39. The largest absolute Gasteiger partial charge is 0.497 e. The van der Waals surface area contributed by atoms with E-state index in [0.717, 1.165) is 25.3 Å². The first-order chi connectivity index (χ1) is 11.8. The maximum atomic E-state index is 5.84. The summed E-state index contributed by atoms with van der Waals surface area (Å²) in [4.78, 5) is 0. The molecule has 0 amide bonds. The Morgan fingerprint density at radius 1 is 1.04 bits per heavy atom. The number of ether oxygens (including phenoxy) is 2. The maximum Gasteiger partial charge on any atom is 0.118 e.